The molecule has 0 radical (unpaired) electrons. The van der Waals surface area contributed by atoms with Gasteiger partial charge in [-0.25, -0.2) is 20.2 Å². The summed E-state index contributed by atoms with van der Waals surface area (Å²) in [5.74, 6) is 5.17. The van der Waals surface area contributed by atoms with E-state index in [4.69, 9.17) is 10.6 Å². The van der Waals surface area contributed by atoms with Crippen LogP contribution in [0.4, 0.5) is 10.2 Å². The first-order valence-electron chi connectivity index (χ1n) is 5.76. The average Bonchev–Trinajstić information content (AvgIpc) is 2.32. The Morgan fingerprint density at radius 1 is 1.41 bits per heavy atom. The van der Waals surface area contributed by atoms with Crippen LogP contribution in [0.5, 0.6) is 0 Å². The highest BCUT2D eigenvalue weighted by atomic mass is 19.1. The fourth-order valence-electron chi connectivity index (χ4n) is 1.57. The van der Waals surface area contributed by atoms with Crippen molar-refractivity contribution >= 4 is 5.82 Å². The first-order chi connectivity index (χ1) is 8.13. The number of aromatic nitrogens is 2. The Morgan fingerprint density at radius 3 is 2.65 bits per heavy atom. The molecular weight excluding hydrogens is 223 g/mol. The van der Waals surface area contributed by atoms with E-state index in [2.05, 4.69) is 15.4 Å². The predicted molar refractivity (Wildman–Crippen MR) is 63.8 cm³/mol. The van der Waals surface area contributed by atoms with Crippen molar-refractivity contribution in [3.05, 3.63) is 17.3 Å². The summed E-state index contributed by atoms with van der Waals surface area (Å²) in [7, 11) is 0. The lowest BCUT2D eigenvalue weighted by atomic mass is 10.2. The Kier molecular flexibility index (Phi) is 5.24. The molecule has 0 aliphatic carbocycles. The lowest BCUT2D eigenvalue weighted by Gasteiger charge is -2.16. The molecule has 0 amide bonds. The fourth-order valence-corrected chi connectivity index (χ4v) is 1.57. The molecule has 0 spiro atoms. The van der Waals surface area contributed by atoms with Crippen LogP contribution in [-0.2, 0) is 4.74 Å². The zero-order valence-electron chi connectivity index (χ0n) is 10.5. The van der Waals surface area contributed by atoms with Crippen LogP contribution >= 0.6 is 0 Å². The Labute approximate surface area is 101 Å². The van der Waals surface area contributed by atoms with Gasteiger partial charge in [-0.15, -0.1) is 0 Å². The van der Waals surface area contributed by atoms with E-state index in [1.54, 1.807) is 6.92 Å². The van der Waals surface area contributed by atoms with Gasteiger partial charge in [0.05, 0.1) is 5.69 Å². The highest BCUT2D eigenvalue weighted by molar-refractivity contribution is 5.36. The Bertz CT molecular complexity index is 367. The number of hydrogen-bond acceptors (Lipinski definition) is 5. The standard InChI is InChI=1S/C11H19FN4O/c1-4-6-8(17-5-2)10-14-7(3)9(12)11(15-10)16-13/h8H,4-6,13H2,1-3H3,(H,14,15,16). The Morgan fingerprint density at radius 2 is 2.12 bits per heavy atom. The maximum Gasteiger partial charge on any atom is 0.187 e. The van der Waals surface area contributed by atoms with Crippen LogP contribution in [0.2, 0.25) is 0 Å². The zero-order valence-corrected chi connectivity index (χ0v) is 10.5. The topological polar surface area (TPSA) is 73.1 Å². The Balaban J connectivity index is 3.06. The molecule has 1 heterocycles. The Hall–Kier alpha value is -1.27. The van der Waals surface area contributed by atoms with Crippen molar-refractivity contribution in [3.63, 3.8) is 0 Å². The van der Waals surface area contributed by atoms with Gasteiger partial charge < -0.3 is 10.2 Å². The van der Waals surface area contributed by atoms with Gasteiger partial charge >= 0.3 is 0 Å². The number of nitrogens with two attached hydrogens (primary N) is 1. The van der Waals surface area contributed by atoms with E-state index in [9.17, 15) is 4.39 Å². The second-order valence-corrected chi connectivity index (χ2v) is 3.71. The van der Waals surface area contributed by atoms with E-state index in [1.165, 1.54) is 0 Å². The molecule has 0 bridgehead atoms. The smallest absolute Gasteiger partial charge is 0.187 e. The third-order valence-corrected chi connectivity index (χ3v) is 2.38. The third kappa shape index (κ3) is 3.34. The van der Waals surface area contributed by atoms with E-state index >= 15 is 0 Å². The number of ether oxygens (including phenoxy) is 1. The van der Waals surface area contributed by atoms with Crippen LogP contribution in [0.15, 0.2) is 0 Å². The van der Waals surface area contributed by atoms with Crippen molar-refractivity contribution in [1.82, 2.24) is 9.97 Å². The molecule has 0 aliphatic heterocycles. The second kappa shape index (κ2) is 6.46. The van der Waals surface area contributed by atoms with E-state index in [0.29, 0.717) is 12.4 Å². The quantitative estimate of drug-likeness (QED) is 0.590. The molecule has 0 saturated heterocycles. The first kappa shape index (κ1) is 13.8. The van der Waals surface area contributed by atoms with Crippen LogP contribution < -0.4 is 11.3 Å². The number of nitrogens with zero attached hydrogens (tertiary/aromatic N) is 2. The molecule has 0 saturated carbocycles. The summed E-state index contributed by atoms with van der Waals surface area (Å²) in [6.45, 7) is 6.10. The third-order valence-electron chi connectivity index (χ3n) is 2.38. The van der Waals surface area contributed by atoms with Crippen molar-refractivity contribution in [3.8, 4) is 0 Å². The molecular formula is C11H19FN4O. The molecule has 1 rings (SSSR count). The SMILES string of the molecule is CCCC(OCC)c1nc(C)c(F)c(NN)n1. The maximum absolute atomic E-state index is 13.5. The van der Waals surface area contributed by atoms with Crippen LogP contribution in [0.1, 0.15) is 44.3 Å². The molecule has 5 nitrogen and oxygen atoms in total. The predicted octanol–water partition coefficient (Wildman–Crippen LogP) is 2.09. The zero-order chi connectivity index (χ0) is 12.8. The number of rotatable bonds is 6. The second-order valence-electron chi connectivity index (χ2n) is 3.71. The number of halogens is 1. The van der Waals surface area contributed by atoms with Crippen molar-refractivity contribution in [2.45, 2.75) is 39.7 Å². The molecule has 17 heavy (non-hydrogen) atoms. The van der Waals surface area contributed by atoms with Crippen molar-refractivity contribution in [2.24, 2.45) is 5.84 Å². The van der Waals surface area contributed by atoms with Gasteiger partial charge in [0, 0.05) is 6.61 Å². The average molecular weight is 242 g/mol. The lowest BCUT2D eigenvalue weighted by molar-refractivity contribution is 0.0492. The molecule has 1 aromatic rings. The number of aryl methyl sites for hydroxylation is 1. The van der Waals surface area contributed by atoms with Crippen LogP contribution in [-0.4, -0.2) is 16.6 Å². The summed E-state index contributed by atoms with van der Waals surface area (Å²) in [4.78, 5) is 8.15. The van der Waals surface area contributed by atoms with Gasteiger partial charge in [0.15, 0.2) is 17.5 Å². The van der Waals surface area contributed by atoms with E-state index in [-0.39, 0.29) is 17.6 Å². The molecule has 1 aromatic heterocycles. The van der Waals surface area contributed by atoms with Crippen LogP contribution in [0.3, 0.4) is 0 Å². The summed E-state index contributed by atoms with van der Waals surface area (Å²) in [6, 6.07) is 0. The summed E-state index contributed by atoms with van der Waals surface area (Å²) in [5.41, 5.74) is 2.50. The number of nitrogen functional groups attached to an aromatic ring is 1. The molecule has 0 aliphatic rings. The highest BCUT2D eigenvalue weighted by Gasteiger charge is 2.18. The summed E-state index contributed by atoms with van der Waals surface area (Å²) in [6.07, 6.45) is 1.52. The normalized spacial score (nSPS) is 12.5. The molecule has 1 unspecified atom stereocenters. The van der Waals surface area contributed by atoms with E-state index in [0.717, 1.165) is 12.8 Å². The lowest BCUT2D eigenvalue weighted by Crippen LogP contribution is -2.16. The van der Waals surface area contributed by atoms with Crippen molar-refractivity contribution < 1.29 is 9.13 Å². The largest absolute Gasteiger partial charge is 0.371 e. The first-order valence-corrected chi connectivity index (χ1v) is 5.76. The molecule has 1 atom stereocenters. The van der Waals surface area contributed by atoms with Crippen LogP contribution in [0.25, 0.3) is 0 Å². The van der Waals surface area contributed by atoms with Gasteiger partial charge in [-0.1, -0.05) is 13.3 Å². The number of nitrogens with one attached hydrogen (secondary N) is 1. The van der Waals surface area contributed by atoms with E-state index in [1.807, 2.05) is 13.8 Å². The molecule has 3 N–H and O–H groups in total. The van der Waals surface area contributed by atoms with Gasteiger partial charge in [0.2, 0.25) is 0 Å². The molecule has 0 fully saturated rings. The maximum atomic E-state index is 13.5. The minimum atomic E-state index is -0.525. The summed E-state index contributed by atoms with van der Waals surface area (Å²) < 4.78 is 19.1. The van der Waals surface area contributed by atoms with Crippen molar-refractivity contribution in [2.75, 3.05) is 12.0 Å². The monoisotopic (exact) mass is 242 g/mol. The summed E-state index contributed by atoms with van der Waals surface area (Å²) in [5, 5.41) is 0. The van der Waals surface area contributed by atoms with E-state index < -0.39 is 5.82 Å². The van der Waals surface area contributed by atoms with Gasteiger partial charge in [-0.05, 0) is 20.3 Å². The van der Waals surface area contributed by atoms with Gasteiger partial charge in [0.1, 0.15) is 6.10 Å². The number of hydrazine groups is 1. The van der Waals surface area contributed by atoms with Crippen LogP contribution in [0, 0.1) is 12.7 Å². The number of anilines is 1. The van der Waals surface area contributed by atoms with Crippen molar-refractivity contribution in [1.29, 1.82) is 0 Å². The minimum absolute atomic E-state index is 0.00769. The fraction of sp³-hybridized carbons (Fsp3) is 0.636. The minimum Gasteiger partial charge on any atom is -0.371 e. The molecule has 96 valence electrons. The van der Waals surface area contributed by atoms with Gasteiger partial charge in [0.25, 0.3) is 0 Å². The molecule has 0 aromatic carbocycles. The van der Waals surface area contributed by atoms with Gasteiger partial charge in [-0.3, -0.25) is 0 Å². The summed E-state index contributed by atoms with van der Waals surface area (Å²) >= 11 is 0. The van der Waals surface area contributed by atoms with Gasteiger partial charge in [-0.2, -0.15) is 0 Å². The highest BCUT2D eigenvalue weighted by Crippen LogP contribution is 2.22. The number of hydrogen-bond donors (Lipinski definition) is 2. The molecule has 6 heteroatoms.